The van der Waals surface area contributed by atoms with Gasteiger partial charge in [0.05, 0.1) is 0 Å². The fourth-order valence-corrected chi connectivity index (χ4v) is 2.38. The first-order valence-electron chi connectivity index (χ1n) is 6.10. The van der Waals surface area contributed by atoms with Crippen LogP contribution in [0.5, 0.6) is 0 Å². The van der Waals surface area contributed by atoms with Crippen molar-refractivity contribution in [3.8, 4) is 0 Å². The second kappa shape index (κ2) is 4.29. The van der Waals surface area contributed by atoms with Crippen molar-refractivity contribution in [3.63, 3.8) is 0 Å². The third-order valence-electron chi connectivity index (χ3n) is 3.05. The molecule has 84 valence electrons. The fraction of sp³-hybridized carbons (Fsp3) is 0.375. The Morgan fingerprint density at radius 3 is 2.75 bits per heavy atom. The first-order chi connectivity index (χ1) is 7.62. The van der Waals surface area contributed by atoms with Gasteiger partial charge in [-0.1, -0.05) is 63.3 Å². The molecule has 0 heterocycles. The quantitative estimate of drug-likeness (QED) is 0.707. The van der Waals surface area contributed by atoms with Crippen molar-refractivity contribution in [1.29, 1.82) is 0 Å². The molecule has 0 spiro atoms. The Labute approximate surface area is 98.0 Å². The zero-order valence-corrected chi connectivity index (χ0v) is 10.5. The highest BCUT2D eigenvalue weighted by Crippen LogP contribution is 2.29. The van der Waals surface area contributed by atoms with Gasteiger partial charge in [0.1, 0.15) is 0 Å². The van der Waals surface area contributed by atoms with Gasteiger partial charge in [-0.3, -0.25) is 0 Å². The zero-order chi connectivity index (χ0) is 11.6. The van der Waals surface area contributed by atoms with Crippen LogP contribution in [0.3, 0.4) is 0 Å². The van der Waals surface area contributed by atoms with E-state index >= 15 is 0 Å². The standard InChI is InChI=1S/C16H20/c1-4-5-8-13-11-16(2,3)12-14-9-6-7-10-15(13)14/h5-10,12H,4,11H2,1-3H3. The minimum absolute atomic E-state index is 0.280. The van der Waals surface area contributed by atoms with E-state index in [-0.39, 0.29) is 5.41 Å². The van der Waals surface area contributed by atoms with Crippen molar-refractivity contribution in [2.75, 3.05) is 0 Å². The van der Waals surface area contributed by atoms with Crippen LogP contribution in [0.1, 0.15) is 33.6 Å². The Morgan fingerprint density at radius 2 is 2.00 bits per heavy atom. The van der Waals surface area contributed by atoms with Gasteiger partial charge < -0.3 is 0 Å². The monoisotopic (exact) mass is 212 g/mol. The topological polar surface area (TPSA) is 0 Å². The van der Waals surface area contributed by atoms with E-state index in [9.17, 15) is 0 Å². The Hall–Kier alpha value is -1.30. The molecule has 0 bridgehead atoms. The van der Waals surface area contributed by atoms with Gasteiger partial charge in [0.2, 0.25) is 0 Å². The van der Waals surface area contributed by atoms with Gasteiger partial charge in [-0.25, -0.2) is 0 Å². The van der Waals surface area contributed by atoms with E-state index in [1.54, 1.807) is 0 Å². The van der Waals surface area contributed by atoms with Gasteiger partial charge >= 0.3 is 0 Å². The number of fused-ring (bicyclic) bond motifs is 1. The van der Waals surface area contributed by atoms with Crippen LogP contribution in [0, 0.1) is 5.41 Å². The largest absolute Gasteiger partial charge is 0.0845 e. The third-order valence-corrected chi connectivity index (χ3v) is 3.05. The molecule has 0 radical (unpaired) electrons. The van der Waals surface area contributed by atoms with Crippen LogP contribution in [-0.2, 0) is 0 Å². The fourth-order valence-electron chi connectivity index (χ4n) is 2.38. The van der Waals surface area contributed by atoms with Crippen molar-refractivity contribution in [2.24, 2.45) is 5.41 Å². The molecular formula is C16H20. The minimum atomic E-state index is 0.280. The van der Waals surface area contributed by atoms with Gasteiger partial charge in [0.15, 0.2) is 0 Å². The number of hydrogen-bond donors (Lipinski definition) is 0. The van der Waals surface area contributed by atoms with Crippen LogP contribution in [0.25, 0.3) is 11.6 Å². The molecule has 0 aromatic heterocycles. The van der Waals surface area contributed by atoms with Gasteiger partial charge in [0.25, 0.3) is 0 Å². The smallest absolute Gasteiger partial charge is 0.0125 e. The lowest BCUT2D eigenvalue weighted by atomic mass is 9.80. The predicted molar refractivity (Wildman–Crippen MR) is 71.4 cm³/mol. The molecule has 0 nitrogen and oxygen atoms in total. The lowest BCUT2D eigenvalue weighted by Crippen LogP contribution is -2.34. The van der Waals surface area contributed by atoms with Crippen LogP contribution in [0.2, 0.25) is 0 Å². The number of hydrogen-bond acceptors (Lipinski definition) is 0. The molecule has 16 heavy (non-hydrogen) atoms. The van der Waals surface area contributed by atoms with Crippen molar-refractivity contribution in [3.05, 3.63) is 46.9 Å². The highest BCUT2D eigenvalue weighted by Gasteiger charge is 2.19. The molecule has 0 saturated heterocycles. The molecule has 1 aliphatic carbocycles. The Bertz CT molecular complexity index is 515. The molecule has 0 saturated carbocycles. The highest BCUT2D eigenvalue weighted by atomic mass is 14.2. The van der Waals surface area contributed by atoms with Gasteiger partial charge in [0, 0.05) is 0 Å². The summed E-state index contributed by atoms with van der Waals surface area (Å²) in [5, 5.41) is 2.79. The van der Waals surface area contributed by atoms with E-state index in [2.05, 4.69) is 63.3 Å². The lowest BCUT2D eigenvalue weighted by Gasteiger charge is -2.24. The second-order valence-corrected chi connectivity index (χ2v) is 5.23. The van der Waals surface area contributed by atoms with Crippen molar-refractivity contribution in [1.82, 2.24) is 0 Å². The second-order valence-electron chi connectivity index (χ2n) is 5.23. The zero-order valence-electron chi connectivity index (χ0n) is 10.5. The molecule has 1 aromatic rings. The lowest BCUT2D eigenvalue weighted by molar-refractivity contribution is 0.528. The van der Waals surface area contributed by atoms with Crippen LogP contribution in [0.15, 0.2) is 36.4 Å². The molecule has 0 unspecified atom stereocenters. The summed E-state index contributed by atoms with van der Waals surface area (Å²) in [6, 6.07) is 8.70. The summed E-state index contributed by atoms with van der Waals surface area (Å²) >= 11 is 0. The van der Waals surface area contributed by atoms with E-state index in [0.29, 0.717) is 0 Å². The highest BCUT2D eigenvalue weighted by molar-refractivity contribution is 5.62. The Balaban J connectivity index is 2.66. The molecule has 1 aromatic carbocycles. The maximum absolute atomic E-state index is 2.39. The normalized spacial score (nSPS) is 18.3. The van der Waals surface area contributed by atoms with E-state index in [4.69, 9.17) is 0 Å². The molecule has 0 N–H and O–H groups in total. The SMILES string of the molecule is CCC=CC1=c2ccccc2=CC(C)(C)C1. The molecule has 2 rings (SSSR count). The van der Waals surface area contributed by atoms with Crippen LogP contribution >= 0.6 is 0 Å². The van der Waals surface area contributed by atoms with Gasteiger partial charge in [-0.05, 0) is 34.3 Å². The molecule has 0 amide bonds. The average molecular weight is 212 g/mol. The van der Waals surface area contributed by atoms with E-state index in [1.165, 1.54) is 16.0 Å². The van der Waals surface area contributed by atoms with Gasteiger partial charge in [-0.15, -0.1) is 0 Å². The third kappa shape index (κ3) is 2.27. The maximum Gasteiger partial charge on any atom is -0.0125 e. The maximum atomic E-state index is 2.39. The minimum Gasteiger partial charge on any atom is -0.0845 e. The number of allylic oxidation sites excluding steroid dienone is 2. The number of rotatable bonds is 2. The summed E-state index contributed by atoms with van der Waals surface area (Å²) in [5.41, 5.74) is 1.76. The summed E-state index contributed by atoms with van der Waals surface area (Å²) in [5.74, 6) is 0. The van der Waals surface area contributed by atoms with E-state index < -0.39 is 0 Å². The summed E-state index contributed by atoms with van der Waals surface area (Å²) in [7, 11) is 0. The predicted octanol–water partition coefficient (Wildman–Crippen LogP) is 3.01. The van der Waals surface area contributed by atoms with Crippen molar-refractivity contribution in [2.45, 2.75) is 33.6 Å². The summed E-state index contributed by atoms with van der Waals surface area (Å²) in [6.07, 6.45) is 9.20. The van der Waals surface area contributed by atoms with Crippen LogP contribution < -0.4 is 10.4 Å². The van der Waals surface area contributed by atoms with E-state index in [0.717, 1.165) is 12.8 Å². The summed E-state index contributed by atoms with van der Waals surface area (Å²) in [4.78, 5) is 0. The van der Waals surface area contributed by atoms with Crippen molar-refractivity contribution >= 4 is 11.6 Å². The molecule has 0 aliphatic heterocycles. The molecule has 0 atom stereocenters. The van der Waals surface area contributed by atoms with Crippen molar-refractivity contribution < 1.29 is 0 Å². The molecule has 1 aliphatic rings. The molecular weight excluding hydrogens is 192 g/mol. The van der Waals surface area contributed by atoms with E-state index in [1.807, 2.05) is 0 Å². The van der Waals surface area contributed by atoms with Crippen LogP contribution in [-0.4, -0.2) is 0 Å². The first kappa shape index (κ1) is 11.2. The Kier molecular flexibility index (Phi) is 3.00. The molecule has 0 heteroatoms. The first-order valence-corrected chi connectivity index (χ1v) is 6.10. The van der Waals surface area contributed by atoms with Gasteiger partial charge in [-0.2, -0.15) is 0 Å². The van der Waals surface area contributed by atoms with Crippen LogP contribution in [0.4, 0.5) is 0 Å². The summed E-state index contributed by atoms with van der Waals surface area (Å²) in [6.45, 7) is 6.80. The Morgan fingerprint density at radius 1 is 1.25 bits per heavy atom. The number of benzene rings is 1. The average Bonchev–Trinajstić information content (AvgIpc) is 2.24. The molecule has 0 fully saturated rings. The summed E-state index contributed by atoms with van der Waals surface area (Å²) < 4.78 is 0.